The number of fused-ring (bicyclic) bond motifs is 1. The van der Waals surface area contributed by atoms with E-state index in [-0.39, 0.29) is 5.82 Å². The van der Waals surface area contributed by atoms with E-state index in [4.69, 9.17) is 4.42 Å². The van der Waals surface area contributed by atoms with Gasteiger partial charge in [-0.1, -0.05) is 43.3 Å². The number of aromatic nitrogens is 3. The second-order valence-electron chi connectivity index (χ2n) is 7.36. The van der Waals surface area contributed by atoms with Gasteiger partial charge in [-0.15, -0.1) is 5.10 Å². The Morgan fingerprint density at radius 2 is 1.93 bits per heavy atom. The molecule has 6 nitrogen and oxygen atoms in total. The second-order valence-corrected chi connectivity index (χ2v) is 7.36. The minimum atomic E-state index is -0.992. The molecule has 1 N–H and O–H groups in total. The molecule has 2 aromatic heterocycles. The zero-order chi connectivity index (χ0) is 21.3. The molecule has 0 aliphatic carbocycles. The quantitative estimate of drug-likeness (QED) is 0.484. The largest absolute Gasteiger partial charge is 0.423 e. The molecule has 0 aliphatic heterocycles. The molecular weight excluding hydrogens is 385 g/mol. The van der Waals surface area contributed by atoms with E-state index in [1.165, 1.54) is 18.2 Å². The van der Waals surface area contributed by atoms with Gasteiger partial charge in [-0.2, -0.15) is 0 Å². The maximum atomic E-state index is 13.7. The van der Waals surface area contributed by atoms with Crippen molar-refractivity contribution < 1.29 is 13.9 Å². The van der Waals surface area contributed by atoms with Gasteiger partial charge in [-0.25, -0.2) is 13.9 Å². The van der Waals surface area contributed by atoms with Crippen LogP contribution < -0.4 is 5.63 Å². The second kappa shape index (κ2) is 7.84. The SMILES string of the molecule is CCC(O)(CC)c1cn(Cc2ccc3c(-c4cccc(F)c4)cc(=O)oc3c2)nn1. The Balaban J connectivity index is 1.70. The van der Waals surface area contributed by atoms with E-state index >= 15 is 0 Å². The van der Waals surface area contributed by atoms with E-state index in [1.54, 1.807) is 29.1 Å². The van der Waals surface area contributed by atoms with Crippen LogP contribution in [0.1, 0.15) is 37.9 Å². The zero-order valence-electron chi connectivity index (χ0n) is 16.8. The van der Waals surface area contributed by atoms with Gasteiger partial charge in [0.1, 0.15) is 22.7 Å². The number of hydrogen-bond donors (Lipinski definition) is 1. The molecule has 0 saturated carbocycles. The summed E-state index contributed by atoms with van der Waals surface area (Å²) in [5, 5.41) is 19.6. The maximum Gasteiger partial charge on any atom is 0.336 e. The number of halogens is 1. The molecule has 4 rings (SSSR count). The number of benzene rings is 2. The van der Waals surface area contributed by atoms with E-state index in [0.29, 0.717) is 41.8 Å². The normalized spacial score (nSPS) is 11.9. The average molecular weight is 407 g/mol. The highest BCUT2D eigenvalue weighted by atomic mass is 19.1. The minimum absolute atomic E-state index is 0.369. The lowest BCUT2D eigenvalue weighted by atomic mass is 9.94. The van der Waals surface area contributed by atoms with Crippen LogP contribution in [0.25, 0.3) is 22.1 Å². The first kappa shape index (κ1) is 20.0. The van der Waals surface area contributed by atoms with Gasteiger partial charge < -0.3 is 9.52 Å². The Morgan fingerprint density at radius 1 is 1.13 bits per heavy atom. The van der Waals surface area contributed by atoms with E-state index in [9.17, 15) is 14.3 Å². The summed E-state index contributed by atoms with van der Waals surface area (Å²) >= 11 is 0. The van der Waals surface area contributed by atoms with Crippen LogP contribution in [0.4, 0.5) is 4.39 Å². The molecule has 0 bridgehead atoms. The maximum absolute atomic E-state index is 13.7. The number of rotatable bonds is 6. The van der Waals surface area contributed by atoms with Crippen LogP contribution in [0.2, 0.25) is 0 Å². The summed E-state index contributed by atoms with van der Waals surface area (Å²) in [7, 11) is 0. The van der Waals surface area contributed by atoms with Gasteiger partial charge in [0.15, 0.2) is 0 Å². The predicted octanol–water partition coefficient (Wildman–Crippen LogP) is 4.25. The standard InChI is InChI=1S/C23H22FN3O3/c1-3-23(29,4-2)21-14-27(26-25-21)13-15-8-9-18-19(12-22(28)30-20(18)10-15)16-6-5-7-17(24)11-16/h5-12,14,29H,3-4,13H2,1-2H3. The van der Waals surface area contributed by atoms with Crippen LogP contribution in [0.15, 0.2) is 63.9 Å². The highest BCUT2D eigenvalue weighted by Crippen LogP contribution is 2.29. The Morgan fingerprint density at radius 3 is 2.67 bits per heavy atom. The van der Waals surface area contributed by atoms with Gasteiger partial charge in [-0.3, -0.25) is 0 Å². The summed E-state index contributed by atoms with van der Waals surface area (Å²) in [6.07, 6.45) is 2.83. The molecule has 0 unspecified atom stereocenters. The van der Waals surface area contributed by atoms with E-state index < -0.39 is 11.2 Å². The first-order chi connectivity index (χ1) is 14.4. The van der Waals surface area contributed by atoms with Gasteiger partial charge >= 0.3 is 5.63 Å². The fourth-order valence-corrected chi connectivity index (χ4v) is 3.59. The van der Waals surface area contributed by atoms with E-state index in [2.05, 4.69) is 10.3 Å². The van der Waals surface area contributed by atoms with Crippen LogP contribution in [0.5, 0.6) is 0 Å². The summed E-state index contributed by atoms with van der Waals surface area (Å²) in [6, 6.07) is 13.0. The van der Waals surface area contributed by atoms with Crippen LogP contribution >= 0.6 is 0 Å². The molecule has 0 spiro atoms. The molecule has 7 heteroatoms. The Hall–Kier alpha value is -3.32. The van der Waals surface area contributed by atoms with Crippen LogP contribution in [-0.4, -0.2) is 20.1 Å². The lowest BCUT2D eigenvalue weighted by Crippen LogP contribution is -2.23. The third-order valence-corrected chi connectivity index (χ3v) is 5.47. The summed E-state index contributed by atoms with van der Waals surface area (Å²) < 4.78 is 20.7. The van der Waals surface area contributed by atoms with Gasteiger partial charge in [0.25, 0.3) is 0 Å². The van der Waals surface area contributed by atoms with Crippen LogP contribution in [0.3, 0.4) is 0 Å². The van der Waals surface area contributed by atoms with Crippen molar-refractivity contribution in [3.05, 3.63) is 82.2 Å². The topological polar surface area (TPSA) is 81.2 Å². The highest BCUT2D eigenvalue weighted by Gasteiger charge is 2.28. The molecule has 30 heavy (non-hydrogen) atoms. The predicted molar refractivity (Wildman–Crippen MR) is 111 cm³/mol. The lowest BCUT2D eigenvalue weighted by Gasteiger charge is -2.21. The van der Waals surface area contributed by atoms with Crippen molar-refractivity contribution in [3.63, 3.8) is 0 Å². The van der Waals surface area contributed by atoms with Crippen LogP contribution in [0, 0.1) is 5.82 Å². The highest BCUT2D eigenvalue weighted by molar-refractivity contribution is 5.93. The van der Waals surface area contributed by atoms with E-state index in [1.807, 2.05) is 26.0 Å². The Bertz CT molecular complexity index is 1260. The molecule has 0 saturated heterocycles. The van der Waals surface area contributed by atoms with Gasteiger partial charge in [-0.05, 0) is 47.7 Å². The lowest BCUT2D eigenvalue weighted by molar-refractivity contribution is 0.0239. The molecule has 0 aliphatic rings. The average Bonchev–Trinajstić information content (AvgIpc) is 3.21. The Labute approximate surface area is 172 Å². The van der Waals surface area contributed by atoms with Crippen molar-refractivity contribution in [2.45, 2.75) is 38.8 Å². The smallest absolute Gasteiger partial charge is 0.336 e. The summed E-state index contributed by atoms with van der Waals surface area (Å²) in [4.78, 5) is 12.1. The molecule has 0 atom stereocenters. The molecule has 2 heterocycles. The summed E-state index contributed by atoms with van der Waals surface area (Å²) in [6.45, 7) is 4.22. The molecule has 0 radical (unpaired) electrons. The Kier molecular flexibility index (Phi) is 5.22. The summed E-state index contributed by atoms with van der Waals surface area (Å²) in [5.41, 5.74) is 1.54. The number of hydrogen-bond acceptors (Lipinski definition) is 5. The van der Waals surface area contributed by atoms with Gasteiger partial charge in [0, 0.05) is 11.5 Å². The van der Waals surface area contributed by atoms with Gasteiger partial charge in [0.2, 0.25) is 0 Å². The third kappa shape index (κ3) is 3.76. The van der Waals surface area contributed by atoms with Crippen LogP contribution in [-0.2, 0) is 12.1 Å². The number of aliphatic hydroxyl groups is 1. The number of nitrogens with zero attached hydrogens (tertiary/aromatic N) is 3. The monoisotopic (exact) mass is 407 g/mol. The minimum Gasteiger partial charge on any atom is -0.423 e. The van der Waals surface area contributed by atoms with E-state index in [0.717, 1.165) is 10.9 Å². The third-order valence-electron chi connectivity index (χ3n) is 5.47. The molecule has 0 fully saturated rings. The van der Waals surface area contributed by atoms with Crippen molar-refractivity contribution in [2.75, 3.05) is 0 Å². The van der Waals surface area contributed by atoms with Crippen molar-refractivity contribution in [3.8, 4) is 11.1 Å². The first-order valence-corrected chi connectivity index (χ1v) is 9.87. The first-order valence-electron chi connectivity index (χ1n) is 9.87. The summed E-state index contributed by atoms with van der Waals surface area (Å²) in [5.74, 6) is -0.369. The molecular formula is C23H22FN3O3. The molecule has 4 aromatic rings. The zero-order valence-corrected chi connectivity index (χ0v) is 16.8. The fraction of sp³-hybridized carbons (Fsp3) is 0.261. The molecule has 0 amide bonds. The molecule has 154 valence electrons. The molecule has 2 aromatic carbocycles. The van der Waals surface area contributed by atoms with Crippen molar-refractivity contribution in [2.24, 2.45) is 0 Å². The van der Waals surface area contributed by atoms with Crippen molar-refractivity contribution in [1.82, 2.24) is 15.0 Å². The van der Waals surface area contributed by atoms with Crippen molar-refractivity contribution >= 4 is 11.0 Å². The van der Waals surface area contributed by atoms with Crippen molar-refractivity contribution in [1.29, 1.82) is 0 Å². The fourth-order valence-electron chi connectivity index (χ4n) is 3.59. The van der Waals surface area contributed by atoms with Gasteiger partial charge in [0.05, 0.1) is 12.7 Å².